The summed E-state index contributed by atoms with van der Waals surface area (Å²) in [5.41, 5.74) is 1.56. The van der Waals surface area contributed by atoms with Gasteiger partial charge in [-0.3, -0.25) is 9.88 Å². The Balaban J connectivity index is 2.08. The van der Waals surface area contributed by atoms with Crippen LogP contribution in [-0.4, -0.2) is 29.8 Å². The number of hydrogen-bond donors (Lipinski definition) is 0. The van der Waals surface area contributed by atoms with Crippen molar-refractivity contribution in [2.45, 2.75) is 18.9 Å². The summed E-state index contributed by atoms with van der Waals surface area (Å²) in [7, 11) is 2.01. The number of aromatic nitrogens is 1. The van der Waals surface area contributed by atoms with Gasteiger partial charge in [-0.2, -0.15) is 0 Å². The molecule has 104 valence electrons. The normalized spacial score (nSPS) is 13.9. The number of rotatable bonds is 6. The van der Waals surface area contributed by atoms with Gasteiger partial charge in [0, 0.05) is 19.3 Å². The molecule has 0 aliphatic heterocycles. The van der Waals surface area contributed by atoms with E-state index in [1.807, 2.05) is 62.5 Å². The molecule has 0 saturated heterocycles. The molecule has 0 spiro atoms. The summed E-state index contributed by atoms with van der Waals surface area (Å²) >= 11 is 0. The standard InChI is InChI=1S/C17H20N2O/c1-17(14-20,15-8-4-3-5-9-15)13-19(2)12-16-10-6-7-11-18-16/h3-11,14H,12-13H2,1-2H3. The fourth-order valence-electron chi connectivity index (χ4n) is 2.40. The van der Waals surface area contributed by atoms with E-state index in [4.69, 9.17) is 0 Å². The third kappa shape index (κ3) is 3.52. The van der Waals surface area contributed by atoms with E-state index in [2.05, 4.69) is 9.88 Å². The molecule has 1 atom stereocenters. The Hall–Kier alpha value is -2.00. The minimum atomic E-state index is -0.495. The van der Waals surface area contributed by atoms with Crippen LogP contribution in [0, 0.1) is 0 Å². The fourth-order valence-corrected chi connectivity index (χ4v) is 2.40. The predicted octanol–water partition coefficient (Wildman–Crippen LogP) is 2.67. The fraction of sp³-hybridized carbons (Fsp3) is 0.294. The molecule has 0 N–H and O–H groups in total. The predicted molar refractivity (Wildman–Crippen MR) is 80.4 cm³/mol. The molecule has 2 rings (SSSR count). The van der Waals surface area contributed by atoms with E-state index < -0.39 is 5.41 Å². The molecular formula is C17H20N2O. The topological polar surface area (TPSA) is 33.2 Å². The Morgan fingerprint density at radius 1 is 1.15 bits per heavy atom. The molecule has 1 unspecified atom stereocenters. The van der Waals surface area contributed by atoms with Gasteiger partial charge in [0.2, 0.25) is 0 Å². The molecule has 3 heteroatoms. The second-order valence-electron chi connectivity index (χ2n) is 5.39. The lowest BCUT2D eigenvalue weighted by molar-refractivity contribution is -0.112. The highest BCUT2D eigenvalue weighted by atomic mass is 16.1. The summed E-state index contributed by atoms with van der Waals surface area (Å²) in [6.45, 7) is 3.37. The molecule has 2 aromatic rings. The largest absolute Gasteiger partial charge is 0.302 e. The number of carbonyl (C=O) groups excluding carboxylic acids is 1. The van der Waals surface area contributed by atoms with E-state index in [1.165, 1.54) is 0 Å². The lowest BCUT2D eigenvalue weighted by Crippen LogP contribution is -2.38. The van der Waals surface area contributed by atoms with Gasteiger partial charge in [0.25, 0.3) is 0 Å². The number of carbonyl (C=O) groups is 1. The first kappa shape index (κ1) is 14.4. The van der Waals surface area contributed by atoms with Gasteiger partial charge >= 0.3 is 0 Å². The van der Waals surface area contributed by atoms with Gasteiger partial charge < -0.3 is 4.79 Å². The Bertz CT molecular complexity index is 541. The Morgan fingerprint density at radius 3 is 2.45 bits per heavy atom. The van der Waals surface area contributed by atoms with Crippen LogP contribution in [0.3, 0.4) is 0 Å². The van der Waals surface area contributed by atoms with Crippen LogP contribution in [0.15, 0.2) is 54.7 Å². The molecule has 0 bridgehead atoms. The lowest BCUT2D eigenvalue weighted by Gasteiger charge is -2.29. The molecule has 0 fully saturated rings. The number of likely N-dealkylation sites (N-methyl/N-ethyl adjacent to an activating group) is 1. The van der Waals surface area contributed by atoms with E-state index in [0.717, 1.165) is 24.1 Å². The van der Waals surface area contributed by atoms with Crippen LogP contribution >= 0.6 is 0 Å². The SMILES string of the molecule is CN(Cc1ccccn1)CC(C)(C=O)c1ccccc1. The first-order valence-corrected chi connectivity index (χ1v) is 6.74. The molecule has 1 heterocycles. The molecular weight excluding hydrogens is 248 g/mol. The van der Waals surface area contributed by atoms with Crippen LogP contribution in [0.25, 0.3) is 0 Å². The zero-order valence-corrected chi connectivity index (χ0v) is 12.0. The van der Waals surface area contributed by atoms with Crippen molar-refractivity contribution in [3.8, 4) is 0 Å². The third-order valence-corrected chi connectivity index (χ3v) is 3.45. The summed E-state index contributed by atoms with van der Waals surface area (Å²) in [5.74, 6) is 0. The maximum atomic E-state index is 11.6. The maximum absolute atomic E-state index is 11.6. The van der Waals surface area contributed by atoms with Crippen LogP contribution in [0.4, 0.5) is 0 Å². The van der Waals surface area contributed by atoms with Crippen molar-refractivity contribution in [1.29, 1.82) is 0 Å². The minimum absolute atomic E-state index is 0.495. The van der Waals surface area contributed by atoms with E-state index in [9.17, 15) is 4.79 Å². The number of nitrogens with zero attached hydrogens (tertiary/aromatic N) is 2. The molecule has 0 aliphatic carbocycles. The van der Waals surface area contributed by atoms with Crippen molar-refractivity contribution in [2.75, 3.05) is 13.6 Å². The Morgan fingerprint density at radius 2 is 1.85 bits per heavy atom. The van der Waals surface area contributed by atoms with E-state index in [0.29, 0.717) is 6.54 Å². The average molecular weight is 268 g/mol. The van der Waals surface area contributed by atoms with Gasteiger partial charge in [-0.05, 0) is 31.7 Å². The van der Waals surface area contributed by atoms with Crippen molar-refractivity contribution >= 4 is 6.29 Å². The Labute approximate surface area is 120 Å². The second-order valence-corrected chi connectivity index (χ2v) is 5.39. The highest BCUT2D eigenvalue weighted by Gasteiger charge is 2.27. The van der Waals surface area contributed by atoms with Crippen LogP contribution in [0.2, 0.25) is 0 Å². The smallest absolute Gasteiger partial charge is 0.131 e. The number of hydrogen-bond acceptors (Lipinski definition) is 3. The molecule has 0 saturated carbocycles. The van der Waals surface area contributed by atoms with Gasteiger partial charge in [-0.15, -0.1) is 0 Å². The molecule has 1 aromatic carbocycles. The van der Waals surface area contributed by atoms with Crippen molar-refractivity contribution in [2.24, 2.45) is 0 Å². The van der Waals surface area contributed by atoms with Crippen LogP contribution in [0.5, 0.6) is 0 Å². The van der Waals surface area contributed by atoms with Gasteiger partial charge in [-0.1, -0.05) is 36.4 Å². The third-order valence-electron chi connectivity index (χ3n) is 3.45. The lowest BCUT2D eigenvalue weighted by atomic mass is 9.83. The summed E-state index contributed by atoms with van der Waals surface area (Å²) < 4.78 is 0. The van der Waals surface area contributed by atoms with Crippen molar-refractivity contribution in [3.05, 3.63) is 66.0 Å². The van der Waals surface area contributed by atoms with Crippen molar-refractivity contribution < 1.29 is 4.79 Å². The molecule has 3 nitrogen and oxygen atoms in total. The van der Waals surface area contributed by atoms with Crippen LogP contribution in [0.1, 0.15) is 18.2 Å². The molecule has 20 heavy (non-hydrogen) atoms. The summed E-state index contributed by atoms with van der Waals surface area (Å²) in [4.78, 5) is 18.0. The minimum Gasteiger partial charge on any atom is -0.302 e. The molecule has 0 amide bonds. The van der Waals surface area contributed by atoms with Crippen molar-refractivity contribution in [1.82, 2.24) is 9.88 Å². The van der Waals surface area contributed by atoms with Gasteiger partial charge in [-0.25, -0.2) is 0 Å². The highest BCUT2D eigenvalue weighted by Crippen LogP contribution is 2.22. The summed E-state index contributed by atoms with van der Waals surface area (Å²) in [6.07, 6.45) is 2.83. The highest BCUT2D eigenvalue weighted by molar-refractivity contribution is 5.68. The first-order valence-electron chi connectivity index (χ1n) is 6.74. The van der Waals surface area contributed by atoms with Crippen molar-refractivity contribution in [3.63, 3.8) is 0 Å². The van der Waals surface area contributed by atoms with Crippen LogP contribution < -0.4 is 0 Å². The Kier molecular flexibility index (Phi) is 4.64. The first-order chi connectivity index (χ1) is 9.64. The number of aldehydes is 1. The van der Waals surface area contributed by atoms with Crippen LogP contribution in [-0.2, 0) is 16.8 Å². The van der Waals surface area contributed by atoms with Gasteiger partial charge in [0.1, 0.15) is 6.29 Å². The summed E-state index contributed by atoms with van der Waals surface area (Å²) in [6, 6.07) is 15.8. The van der Waals surface area contributed by atoms with Gasteiger partial charge in [0.15, 0.2) is 0 Å². The quantitative estimate of drug-likeness (QED) is 0.755. The maximum Gasteiger partial charge on any atom is 0.131 e. The zero-order chi connectivity index (χ0) is 14.4. The van der Waals surface area contributed by atoms with E-state index >= 15 is 0 Å². The average Bonchev–Trinajstić information content (AvgIpc) is 2.49. The number of benzene rings is 1. The molecule has 0 aliphatic rings. The van der Waals surface area contributed by atoms with Gasteiger partial charge in [0.05, 0.1) is 11.1 Å². The second kappa shape index (κ2) is 6.44. The molecule has 0 radical (unpaired) electrons. The van der Waals surface area contributed by atoms with E-state index in [1.54, 1.807) is 6.20 Å². The zero-order valence-electron chi connectivity index (χ0n) is 12.0. The monoisotopic (exact) mass is 268 g/mol. The van der Waals surface area contributed by atoms with E-state index in [-0.39, 0.29) is 0 Å². The number of pyridine rings is 1. The molecule has 1 aromatic heterocycles. The summed E-state index contributed by atoms with van der Waals surface area (Å²) in [5, 5.41) is 0.